The van der Waals surface area contributed by atoms with Crippen molar-refractivity contribution in [2.24, 2.45) is 23.7 Å². The van der Waals surface area contributed by atoms with E-state index in [1.165, 1.54) is 77.7 Å². The van der Waals surface area contributed by atoms with Crippen LogP contribution in [0.5, 0.6) is 0 Å². The number of amides is 1. The monoisotopic (exact) mass is 361 g/mol. The van der Waals surface area contributed by atoms with Gasteiger partial charge in [0.25, 0.3) is 0 Å². The van der Waals surface area contributed by atoms with Crippen LogP contribution in [-0.4, -0.2) is 36.0 Å². The Balaban J connectivity index is 1.50. The second-order valence-electron chi connectivity index (χ2n) is 9.72. The van der Waals surface area contributed by atoms with Crippen molar-refractivity contribution in [3.05, 3.63) is 0 Å². The smallest absolute Gasteiger partial charge is 0.307 e. The highest BCUT2D eigenvalue weighted by molar-refractivity contribution is 5.78. The largest absolute Gasteiger partial charge is 0.469 e. The number of rotatable bonds is 6. The summed E-state index contributed by atoms with van der Waals surface area (Å²) >= 11 is 0. The van der Waals surface area contributed by atoms with Crippen LogP contribution in [0.25, 0.3) is 0 Å². The molecule has 5 fully saturated rings. The third-order valence-electron chi connectivity index (χ3n) is 7.83. The molecule has 4 nitrogen and oxygen atoms in total. The Bertz CT molecular complexity index is 502. The fourth-order valence-electron chi connectivity index (χ4n) is 7.08. The van der Waals surface area contributed by atoms with E-state index in [1.54, 1.807) is 0 Å². The van der Waals surface area contributed by atoms with Gasteiger partial charge in [-0.15, -0.1) is 0 Å². The lowest BCUT2D eigenvalue weighted by Crippen LogP contribution is -2.62. The van der Waals surface area contributed by atoms with E-state index in [9.17, 15) is 9.59 Å². The highest BCUT2D eigenvalue weighted by atomic mass is 16.5. The molecule has 146 valence electrons. The second-order valence-corrected chi connectivity index (χ2v) is 9.72. The Kier molecular flexibility index (Phi) is 5.29. The van der Waals surface area contributed by atoms with Crippen LogP contribution in [0.3, 0.4) is 0 Å². The molecular formula is C22H35NO3. The summed E-state index contributed by atoms with van der Waals surface area (Å²) in [5, 5.41) is 0. The Labute approximate surface area is 158 Å². The summed E-state index contributed by atoms with van der Waals surface area (Å²) in [7, 11) is 1.45. The van der Waals surface area contributed by atoms with Gasteiger partial charge in [-0.25, -0.2) is 0 Å². The lowest BCUT2D eigenvalue weighted by atomic mass is 9.52. The van der Waals surface area contributed by atoms with Crippen molar-refractivity contribution in [1.29, 1.82) is 0 Å². The summed E-state index contributed by atoms with van der Waals surface area (Å²) < 4.78 is 4.87. The molecule has 5 saturated carbocycles. The van der Waals surface area contributed by atoms with Crippen LogP contribution < -0.4 is 0 Å². The molecule has 0 N–H and O–H groups in total. The van der Waals surface area contributed by atoms with E-state index in [1.807, 2.05) is 0 Å². The molecule has 0 atom stereocenters. The maximum absolute atomic E-state index is 13.4. The number of carbonyl (C=O) groups is 2. The normalized spacial score (nSPS) is 36.1. The number of esters is 1. The summed E-state index contributed by atoms with van der Waals surface area (Å²) in [6.07, 6.45) is 15.0. The van der Waals surface area contributed by atoms with Gasteiger partial charge in [-0.1, -0.05) is 19.3 Å². The molecule has 5 aliphatic carbocycles. The molecule has 0 radical (unpaired) electrons. The molecule has 0 aromatic carbocycles. The molecule has 5 rings (SSSR count). The van der Waals surface area contributed by atoms with Gasteiger partial charge in [0.2, 0.25) is 5.91 Å². The van der Waals surface area contributed by atoms with Gasteiger partial charge in [0.05, 0.1) is 13.5 Å². The van der Waals surface area contributed by atoms with Gasteiger partial charge in [0.15, 0.2) is 0 Å². The molecule has 0 aromatic heterocycles. The van der Waals surface area contributed by atoms with E-state index < -0.39 is 0 Å². The molecule has 0 heterocycles. The number of hydrogen-bond acceptors (Lipinski definition) is 3. The van der Waals surface area contributed by atoms with Gasteiger partial charge in [0, 0.05) is 18.5 Å². The second kappa shape index (κ2) is 7.52. The molecule has 0 saturated heterocycles. The zero-order valence-corrected chi connectivity index (χ0v) is 16.4. The Morgan fingerprint density at radius 2 is 1.54 bits per heavy atom. The molecule has 4 heteroatoms. The SMILES string of the molecule is COC(=O)CCN(C(=O)CC1CCCCC1)C12CC3CC(CC(C3)C1)C2. The van der Waals surface area contributed by atoms with E-state index in [4.69, 9.17) is 4.74 Å². The first-order chi connectivity index (χ1) is 12.6. The van der Waals surface area contributed by atoms with Gasteiger partial charge in [-0.05, 0) is 75.0 Å². The van der Waals surface area contributed by atoms with Gasteiger partial charge in [-0.2, -0.15) is 0 Å². The van der Waals surface area contributed by atoms with Crippen LogP contribution in [0.4, 0.5) is 0 Å². The first-order valence-corrected chi connectivity index (χ1v) is 11.0. The number of ether oxygens (including phenoxy) is 1. The Morgan fingerprint density at radius 1 is 0.962 bits per heavy atom. The van der Waals surface area contributed by atoms with Gasteiger partial charge >= 0.3 is 5.97 Å². The van der Waals surface area contributed by atoms with Crippen molar-refractivity contribution in [2.75, 3.05) is 13.7 Å². The molecule has 0 aromatic rings. The predicted molar refractivity (Wildman–Crippen MR) is 100 cm³/mol. The third kappa shape index (κ3) is 3.66. The minimum Gasteiger partial charge on any atom is -0.469 e. The van der Waals surface area contributed by atoms with Crippen molar-refractivity contribution in [1.82, 2.24) is 4.90 Å². The third-order valence-corrected chi connectivity index (χ3v) is 7.83. The maximum atomic E-state index is 13.4. The number of hydrogen-bond donors (Lipinski definition) is 0. The molecule has 0 unspecified atom stereocenters. The predicted octanol–water partition coefficient (Wildman–Crippen LogP) is 4.32. The van der Waals surface area contributed by atoms with Crippen LogP contribution in [0.1, 0.15) is 83.5 Å². The van der Waals surface area contributed by atoms with Crippen molar-refractivity contribution in [3.8, 4) is 0 Å². The fourth-order valence-corrected chi connectivity index (χ4v) is 7.08. The minimum atomic E-state index is -0.190. The number of methoxy groups -OCH3 is 1. The van der Waals surface area contributed by atoms with Crippen LogP contribution in [0, 0.1) is 23.7 Å². The lowest BCUT2D eigenvalue weighted by Gasteiger charge is -2.60. The summed E-state index contributed by atoms with van der Waals surface area (Å²) in [5.41, 5.74) is 0.0501. The van der Waals surface area contributed by atoms with E-state index >= 15 is 0 Å². The highest BCUT2D eigenvalue weighted by Crippen LogP contribution is 2.58. The van der Waals surface area contributed by atoms with Crippen LogP contribution >= 0.6 is 0 Å². The molecule has 4 bridgehead atoms. The molecule has 1 amide bonds. The molecule has 0 aliphatic heterocycles. The van der Waals surface area contributed by atoms with Gasteiger partial charge in [0.1, 0.15) is 0 Å². The first kappa shape index (κ1) is 18.3. The van der Waals surface area contributed by atoms with Crippen LogP contribution in [0.2, 0.25) is 0 Å². The number of carbonyl (C=O) groups excluding carboxylic acids is 2. The quantitative estimate of drug-likeness (QED) is 0.662. The van der Waals surface area contributed by atoms with Crippen molar-refractivity contribution >= 4 is 11.9 Å². The van der Waals surface area contributed by atoms with Crippen LogP contribution in [0.15, 0.2) is 0 Å². The van der Waals surface area contributed by atoms with Crippen molar-refractivity contribution in [3.63, 3.8) is 0 Å². The zero-order valence-electron chi connectivity index (χ0n) is 16.4. The van der Waals surface area contributed by atoms with Gasteiger partial charge in [-0.3, -0.25) is 9.59 Å². The first-order valence-electron chi connectivity index (χ1n) is 11.0. The summed E-state index contributed by atoms with van der Waals surface area (Å²) in [5.74, 6) is 3.12. The van der Waals surface area contributed by atoms with Crippen molar-refractivity contribution in [2.45, 2.75) is 89.0 Å². The van der Waals surface area contributed by atoms with E-state index in [0.717, 1.165) is 17.8 Å². The topological polar surface area (TPSA) is 46.6 Å². The number of nitrogens with zero attached hydrogens (tertiary/aromatic N) is 1. The molecule has 5 aliphatic rings. The highest BCUT2D eigenvalue weighted by Gasteiger charge is 2.54. The van der Waals surface area contributed by atoms with Crippen molar-refractivity contribution < 1.29 is 14.3 Å². The maximum Gasteiger partial charge on any atom is 0.307 e. The standard InChI is InChI=1S/C22H35NO3/c1-26-21(25)7-8-23(20(24)12-16-5-3-2-4-6-16)22-13-17-9-18(14-22)11-19(10-17)15-22/h16-19H,2-15H2,1H3. The zero-order chi connectivity index (χ0) is 18.1. The molecule has 0 spiro atoms. The minimum absolute atomic E-state index is 0.0501. The average molecular weight is 362 g/mol. The van der Waals surface area contributed by atoms with Gasteiger partial charge < -0.3 is 9.64 Å². The Hall–Kier alpha value is -1.06. The summed E-state index contributed by atoms with van der Waals surface area (Å²) in [6.45, 7) is 0.560. The molecule has 26 heavy (non-hydrogen) atoms. The van der Waals surface area contributed by atoms with Crippen LogP contribution in [-0.2, 0) is 14.3 Å². The van der Waals surface area contributed by atoms with E-state index in [0.29, 0.717) is 31.2 Å². The average Bonchev–Trinajstić information content (AvgIpc) is 2.61. The fraction of sp³-hybridized carbons (Fsp3) is 0.909. The Morgan fingerprint density at radius 3 is 2.08 bits per heavy atom. The molecular weight excluding hydrogens is 326 g/mol. The lowest BCUT2D eigenvalue weighted by molar-refractivity contribution is -0.154. The van der Waals surface area contributed by atoms with E-state index in [-0.39, 0.29) is 11.5 Å². The summed E-state index contributed by atoms with van der Waals surface area (Å²) in [4.78, 5) is 27.4. The summed E-state index contributed by atoms with van der Waals surface area (Å²) in [6, 6.07) is 0. The van der Waals surface area contributed by atoms with E-state index in [2.05, 4.69) is 4.90 Å².